The minimum Gasteiger partial charge on any atom is -0.390 e. The molecule has 2 aromatic carbocycles. The monoisotopic (exact) mass is 486 g/mol. The molecule has 2 aromatic rings. The Balaban J connectivity index is 1.90. The molecule has 1 aliphatic heterocycles. The predicted octanol–water partition coefficient (Wildman–Crippen LogP) is 4.52. The Morgan fingerprint density at radius 1 is 1.19 bits per heavy atom. The smallest absolute Gasteiger partial charge is 0.255 e. The maximum Gasteiger partial charge on any atom is 0.255 e. The molecule has 174 valence electrons. The van der Waals surface area contributed by atoms with E-state index in [0.29, 0.717) is 19.3 Å². The molecule has 0 saturated carbocycles. The molecule has 1 saturated heterocycles. The molecule has 0 bridgehead atoms. The Bertz CT molecular complexity index is 1110. The van der Waals surface area contributed by atoms with Gasteiger partial charge in [0.05, 0.1) is 15.5 Å². The van der Waals surface area contributed by atoms with Gasteiger partial charge in [-0.2, -0.15) is 4.31 Å². The number of anilines is 1. The van der Waals surface area contributed by atoms with E-state index < -0.39 is 34.0 Å². The third kappa shape index (κ3) is 5.64. The molecule has 0 aliphatic carbocycles. The minimum absolute atomic E-state index is 0.000244. The maximum absolute atomic E-state index is 13.6. The van der Waals surface area contributed by atoms with E-state index in [2.05, 4.69) is 5.32 Å². The van der Waals surface area contributed by atoms with Crippen LogP contribution in [0.5, 0.6) is 0 Å². The van der Waals surface area contributed by atoms with Crippen LogP contribution in [0.2, 0.25) is 5.02 Å². The number of hydrogen-bond donors (Lipinski definition) is 2. The molecular weight excluding hydrogens is 462 g/mol. The van der Waals surface area contributed by atoms with Gasteiger partial charge >= 0.3 is 0 Å². The summed E-state index contributed by atoms with van der Waals surface area (Å²) in [5.41, 5.74) is -0.804. The second kappa shape index (κ2) is 9.82. The van der Waals surface area contributed by atoms with E-state index in [-0.39, 0.29) is 46.2 Å². The van der Waals surface area contributed by atoms with Gasteiger partial charge < -0.3 is 10.4 Å². The number of aliphatic hydroxyl groups is 1. The third-order valence-electron chi connectivity index (χ3n) is 5.54. The van der Waals surface area contributed by atoms with Crippen LogP contribution in [-0.4, -0.2) is 42.4 Å². The molecule has 3 rings (SSSR count). The molecule has 1 heterocycles. The Labute approximate surface area is 191 Å². The molecule has 1 aliphatic rings. The highest BCUT2D eigenvalue weighted by Crippen LogP contribution is 2.28. The molecule has 0 radical (unpaired) electrons. The van der Waals surface area contributed by atoms with Crippen molar-refractivity contribution in [1.29, 1.82) is 0 Å². The van der Waals surface area contributed by atoms with Crippen LogP contribution in [0.15, 0.2) is 41.3 Å². The molecule has 10 heteroatoms. The number of carbonyl (C=O) groups is 1. The second-order valence-corrected chi connectivity index (χ2v) is 10.5. The first-order valence-electron chi connectivity index (χ1n) is 10.2. The van der Waals surface area contributed by atoms with Gasteiger partial charge in [0.1, 0.15) is 12.5 Å². The first kappa shape index (κ1) is 24.6. The molecule has 1 atom stereocenters. The predicted molar refractivity (Wildman–Crippen MR) is 118 cm³/mol. The van der Waals surface area contributed by atoms with Gasteiger partial charge in [-0.05, 0) is 62.9 Å². The lowest BCUT2D eigenvalue weighted by molar-refractivity contribution is 0.0289. The average Bonchev–Trinajstić information content (AvgIpc) is 2.73. The van der Waals surface area contributed by atoms with Crippen molar-refractivity contribution >= 4 is 33.2 Å². The van der Waals surface area contributed by atoms with Gasteiger partial charge in [-0.1, -0.05) is 17.7 Å². The zero-order valence-electron chi connectivity index (χ0n) is 17.6. The van der Waals surface area contributed by atoms with Crippen LogP contribution in [0.1, 0.15) is 48.5 Å². The average molecular weight is 487 g/mol. The highest BCUT2D eigenvalue weighted by atomic mass is 35.5. The summed E-state index contributed by atoms with van der Waals surface area (Å²) in [5, 5.41) is 12.7. The Kier molecular flexibility index (Phi) is 7.54. The Morgan fingerprint density at radius 2 is 1.94 bits per heavy atom. The lowest BCUT2D eigenvalue weighted by Gasteiger charge is -2.31. The van der Waals surface area contributed by atoms with Crippen LogP contribution in [-0.2, 0) is 16.7 Å². The summed E-state index contributed by atoms with van der Waals surface area (Å²) in [6.45, 7) is 0.985. The zero-order valence-corrected chi connectivity index (χ0v) is 19.1. The zero-order chi connectivity index (χ0) is 23.5. The topological polar surface area (TPSA) is 86.7 Å². The lowest BCUT2D eigenvalue weighted by Crippen LogP contribution is -2.39. The number of nitrogens with zero attached hydrogens (tertiary/aromatic N) is 1. The summed E-state index contributed by atoms with van der Waals surface area (Å²) < 4.78 is 54.9. The van der Waals surface area contributed by atoms with Crippen molar-refractivity contribution in [3.8, 4) is 0 Å². The second-order valence-electron chi connectivity index (χ2n) is 8.15. The van der Waals surface area contributed by atoms with E-state index in [4.69, 9.17) is 11.6 Å². The summed E-state index contributed by atoms with van der Waals surface area (Å²) >= 11 is 5.73. The SMILES string of the molecule is CC1(O)CCCCN(S(=O)(=O)c2cc(C(=O)Nc3ccc(F)c(Cl)c3)ccc2CF)CC1. The van der Waals surface area contributed by atoms with Crippen LogP contribution in [0.3, 0.4) is 0 Å². The van der Waals surface area contributed by atoms with Gasteiger partial charge in [0.2, 0.25) is 10.0 Å². The normalized spacial score (nSPS) is 20.4. The molecule has 32 heavy (non-hydrogen) atoms. The lowest BCUT2D eigenvalue weighted by atomic mass is 9.94. The van der Waals surface area contributed by atoms with Crippen molar-refractivity contribution in [1.82, 2.24) is 4.31 Å². The van der Waals surface area contributed by atoms with Gasteiger partial charge in [0, 0.05) is 29.9 Å². The standard InChI is InChI=1S/C22H25ClF2N2O4S/c1-22(29)8-2-3-10-27(11-9-22)32(30,31)20-12-15(4-5-16(20)14-24)21(28)26-17-6-7-19(25)18(23)13-17/h4-7,12-13,29H,2-3,8-11,14H2,1H3,(H,26,28). The summed E-state index contributed by atoms with van der Waals surface area (Å²) in [6.07, 6.45) is 2.06. The maximum atomic E-state index is 13.6. The largest absolute Gasteiger partial charge is 0.390 e. The van der Waals surface area contributed by atoms with Gasteiger partial charge in [0.15, 0.2) is 0 Å². The third-order valence-corrected chi connectivity index (χ3v) is 7.81. The van der Waals surface area contributed by atoms with Crippen molar-refractivity contribution in [3.63, 3.8) is 0 Å². The molecule has 1 unspecified atom stereocenters. The highest BCUT2D eigenvalue weighted by Gasteiger charge is 2.32. The molecular formula is C22H25ClF2N2O4S. The van der Waals surface area contributed by atoms with Crippen LogP contribution in [0.4, 0.5) is 14.5 Å². The summed E-state index contributed by atoms with van der Waals surface area (Å²) in [7, 11) is -4.10. The van der Waals surface area contributed by atoms with E-state index in [9.17, 15) is 27.1 Å². The van der Waals surface area contributed by atoms with Crippen LogP contribution < -0.4 is 5.32 Å². The molecule has 0 spiro atoms. The van der Waals surface area contributed by atoms with Crippen molar-refractivity contribution in [2.75, 3.05) is 18.4 Å². The minimum atomic E-state index is -4.10. The molecule has 1 fully saturated rings. The van der Waals surface area contributed by atoms with Gasteiger partial charge in [-0.15, -0.1) is 0 Å². The quantitative estimate of drug-likeness (QED) is 0.650. The number of sulfonamides is 1. The molecule has 1 amide bonds. The molecule has 2 N–H and O–H groups in total. The van der Waals surface area contributed by atoms with Gasteiger partial charge in [-0.25, -0.2) is 17.2 Å². The van der Waals surface area contributed by atoms with E-state index in [1.807, 2.05) is 0 Å². The molecule has 6 nitrogen and oxygen atoms in total. The first-order chi connectivity index (χ1) is 15.0. The van der Waals surface area contributed by atoms with E-state index in [1.54, 1.807) is 6.92 Å². The number of alkyl halides is 1. The summed E-state index contributed by atoms with van der Waals surface area (Å²) in [5.74, 6) is -1.29. The highest BCUT2D eigenvalue weighted by molar-refractivity contribution is 7.89. The van der Waals surface area contributed by atoms with E-state index in [1.165, 1.54) is 28.6 Å². The van der Waals surface area contributed by atoms with E-state index >= 15 is 0 Å². The summed E-state index contributed by atoms with van der Waals surface area (Å²) in [6, 6.07) is 7.37. The fraction of sp³-hybridized carbons (Fsp3) is 0.409. The number of carbonyl (C=O) groups excluding carboxylic acids is 1. The fourth-order valence-electron chi connectivity index (χ4n) is 3.60. The van der Waals surface area contributed by atoms with Crippen LogP contribution >= 0.6 is 11.6 Å². The van der Waals surface area contributed by atoms with Gasteiger partial charge in [0.25, 0.3) is 5.91 Å². The fourth-order valence-corrected chi connectivity index (χ4v) is 5.49. The number of halogens is 3. The van der Waals surface area contributed by atoms with Crippen molar-refractivity contribution in [2.45, 2.75) is 49.8 Å². The van der Waals surface area contributed by atoms with Crippen LogP contribution in [0, 0.1) is 5.82 Å². The summed E-state index contributed by atoms with van der Waals surface area (Å²) in [4.78, 5) is 12.4. The number of benzene rings is 2. The van der Waals surface area contributed by atoms with Crippen molar-refractivity contribution < 1.29 is 27.1 Å². The number of hydrogen-bond acceptors (Lipinski definition) is 4. The van der Waals surface area contributed by atoms with E-state index in [0.717, 1.165) is 12.1 Å². The van der Waals surface area contributed by atoms with Crippen molar-refractivity contribution in [2.24, 2.45) is 0 Å². The first-order valence-corrected chi connectivity index (χ1v) is 12.0. The van der Waals surface area contributed by atoms with Crippen LogP contribution in [0.25, 0.3) is 0 Å². The number of amides is 1. The number of rotatable bonds is 5. The van der Waals surface area contributed by atoms with Crippen molar-refractivity contribution in [3.05, 3.63) is 58.4 Å². The number of nitrogens with one attached hydrogen (secondary N) is 1. The molecule has 0 aromatic heterocycles. The Morgan fingerprint density at radius 3 is 2.62 bits per heavy atom. The van der Waals surface area contributed by atoms with Gasteiger partial charge in [-0.3, -0.25) is 4.79 Å². The Hall–Kier alpha value is -2.07.